The number of carboxylic acid groups (broad SMARTS) is 1. The van der Waals surface area contributed by atoms with Crippen LogP contribution in [0.25, 0.3) is 11.6 Å². The number of ether oxygens (including phenoxy) is 1. The molecule has 0 aliphatic heterocycles. The second-order valence-electron chi connectivity index (χ2n) is 4.72. The molecule has 124 valence electrons. The molecule has 0 aliphatic rings. The van der Waals surface area contributed by atoms with Crippen LogP contribution in [0.5, 0.6) is 11.5 Å². The monoisotopic (exact) mass is 333 g/mol. The van der Waals surface area contributed by atoms with Crippen LogP contribution in [0.1, 0.15) is 11.1 Å². The highest BCUT2D eigenvalue weighted by Crippen LogP contribution is 2.37. The first-order chi connectivity index (χ1) is 11.3. The number of nitrogens with zero attached hydrogens (tertiary/aromatic N) is 1. The van der Waals surface area contributed by atoms with Crippen LogP contribution in [0.4, 0.5) is 10.1 Å². The zero-order valence-electron chi connectivity index (χ0n) is 12.4. The first-order valence-corrected chi connectivity index (χ1v) is 6.59. The Kier molecular flexibility index (Phi) is 4.78. The largest absolute Gasteiger partial charge is 0.500 e. The molecule has 0 radical (unpaired) electrons. The predicted octanol–water partition coefficient (Wildman–Crippen LogP) is 3.07. The number of methoxy groups -OCH3 is 1. The fourth-order valence-electron chi connectivity index (χ4n) is 2.06. The van der Waals surface area contributed by atoms with Crippen LogP contribution in [0.3, 0.4) is 0 Å². The number of carbonyl (C=O) groups is 1. The summed E-state index contributed by atoms with van der Waals surface area (Å²) in [6.45, 7) is 0. The number of halogens is 1. The Hall–Kier alpha value is -3.42. The summed E-state index contributed by atoms with van der Waals surface area (Å²) in [5.41, 5.74) is -0.460. The Bertz CT molecular complexity index is 829. The molecule has 0 aromatic heterocycles. The molecule has 2 aromatic rings. The lowest BCUT2D eigenvalue weighted by Crippen LogP contribution is -2.00. The molecule has 0 saturated carbocycles. The number of rotatable bonds is 5. The van der Waals surface area contributed by atoms with E-state index in [9.17, 15) is 29.5 Å². The highest BCUT2D eigenvalue weighted by molar-refractivity contribution is 6.20. The SMILES string of the molecule is COc1cc(/C=C(\C(=O)O)c2ccc(F)cc2)cc([N+](=O)[O-])c1O. The Labute approximate surface area is 135 Å². The van der Waals surface area contributed by atoms with Gasteiger partial charge in [-0.3, -0.25) is 10.1 Å². The van der Waals surface area contributed by atoms with E-state index < -0.39 is 28.1 Å². The maximum Gasteiger partial charge on any atom is 0.336 e. The van der Waals surface area contributed by atoms with Gasteiger partial charge in [0.25, 0.3) is 0 Å². The van der Waals surface area contributed by atoms with Crippen LogP contribution in [0, 0.1) is 15.9 Å². The molecule has 0 spiro atoms. The van der Waals surface area contributed by atoms with Crippen molar-refractivity contribution in [3.05, 3.63) is 63.5 Å². The Morgan fingerprint density at radius 3 is 2.42 bits per heavy atom. The minimum absolute atomic E-state index is 0.137. The molecule has 2 rings (SSSR count). The number of nitro benzene ring substituents is 1. The summed E-state index contributed by atoms with van der Waals surface area (Å²) in [6.07, 6.45) is 1.17. The van der Waals surface area contributed by atoms with Crippen molar-refractivity contribution in [2.75, 3.05) is 7.11 Å². The minimum Gasteiger partial charge on any atom is -0.500 e. The van der Waals surface area contributed by atoms with Gasteiger partial charge in [-0.2, -0.15) is 0 Å². The van der Waals surface area contributed by atoms with Gasteiger partial charge in [0.2, 0.25) is 5.75 Å². The second-order valence-corrected chi connectivity index (χ2v) is 4.72. The van der Waals surface area contributed by atoms with Crippen molar-refractivity contribution in [3.8, 4) is 11.5 Å². The third kappa shape index (κ3) is 3.49. The Morgan fingerprint density at radius 2 is 1.92 bits per heavy atom. The van der Waals surface area contributed by atoms with Crippen molar-refractivity contribution in [2.24, 2.45) is 0 Å². The fourth-order valence-corrected chi connectivity index (χ4v) is 2.06. The van der Waals surface area contributed by atoms with Crippen LogP contribution in [0.2, 0.25) is 0 Å². The topological polar surface area (TPSA) is 110 Å². The maximum absolute atomic E-state index is 13.0. The summed E-state index contributed by atoms with van der Waals surface area (Å²) in [7, 11) is 1.21. The molecule has 0 atom stereocenters. The zero-order valence-corrected chi connectivity index (χ0v) is 12.4. The van der Waals surface area contributed by atoms with Crippen molar-refractivity contribution < 1.29 is 29.1 Å². The van der Waals surface area contributed by atoms with Crippen molar-refractivity contribution in [1.29, 1.82) is 0 Å². The quantitative estimate of drug-likeness (QED) is 0.376. The molecule has 0 fully saturated rings. The summed E-state index contributed by atoms with van der Waals surface area (Å²) in [4.78, 5) is 21.6. The van der Waals surface area contributed by atoms with E-state index in [2.05, 4.69) is 0 Å². The zero-order chi connectivity index (χ0) is 17.9. The van der Waals surface area contributed by atoms with Gasteiger partial charge in [0.15, 0.2) is 5.75 Å². The summed E-state index contributed by atoms with van der Waals surface area (Å²) in [6, 6.07) is 7.04. The molecule has 0 unspecified atom stereocenters. The van der Waals surface area contributed by atoms with Gasteiger partial charge >= 0.3 is 11.7 Å². The highest BCUT2D eigenvalue weighted by Gasteiger charge is 2.20. The number of aromatic hydroxyl groups is 1. The average Bonchev–Trinajstić information content (AvgIpc) is 2.54. The van der Waals surface area contributed by atoms with Gasteiger partial charge in [-0.25, -0.2) is 9.18 Å². The molecule has 0 bridgehead atoms. The lowest BCUT2D eigenvalue weighted by atomic mass is 10.0. The van der Waals surface area contributed by atoms with Crippen LogP contribution in [-0.2, 0) is 4.79 Å². The lowest BCUT2D eigenvalue weighted by Gasteiger charge is -2.07. The Morgan fingerprint density at radius 1 is 1.29 bits per heavy atom. The van der Waals surface area contributed by atoms with Gasteiger partial charge in [-0.1, -0.05) is 12.1 Å². The molecule has 0 aliphatic carbocycles. The van der Waals surface area contributed by atoms with Crippen molar-refractivity contribution in [3.63, 3.8) is 0 Å². The normalized spacial score (nSPS) is 11.2. The van der Waals surface area contributed by atoms with Crippen LogP contribution >= 0.6 is 0 Å². The van der Waals surface area contributed by atoms with E-state index in [1.54, 1.807) is 0 Å². The summed E-state index contributed by atoms with van der Waals surface area (Å²) in [5, 5.41) is 30.1. The molecular weight excluding hydrogens is 321 g/mol. The number of benzene rings is 2. The lowest BCUT2D eigenvalue weighted by molar-refractivity contribution is -0.386. The first-order valence-electron chi connectivity index (χ1n) is 6.59. The molecule has 8 heteroatoms. The maximum atomic E-state index is 13.0. The van der Waals surface area contributed by atoms with Crippen LogP contribution in [0.15, 0.2) is 36.4 Å². The number of phenolic OH excluding ortho intramolecular Hbond substituents is 1. The molecule has 0 saturated heterocycles. The third-order valence-electron chi connectivity index (χ3n) is 3.19. The first kappa shape index (κ1) is 16.9. The molecule has 0 amide bonds. The van der Waals surface area contributed by atoms with Gasteiger partial charge in [0.1, 0.15) is 5.82 Å². The summed E-state index contributed by atoms with van der Waals surface area (Å²) < 4.78 is 17.8. The number of carboxylic acids is 1. The van der Waals surface area contributed by atoms with E-state index in [4.69, 9.17) is 4.74 Å². The number of phenols is 1. The Balaban J connectivity index is 2.61. The van der Waals surface area contributed by atoms with E-state index in [1.807, 2.05) is 0 Å². The molecule has 24 heavy (non-hydrogen) atoms. The van der Waals surface area contributed by atoms with Gasteiger partial charge in [0.05, 0.1) is 17.6 Å². The van der Waals surface area contributed by atoms with Gasteiger partial charge in [-0.05, 0) is 35.4 Å². The van der Waals surface area contributed by atoms with Gasteiger partial charge in [-0.15, -0.1) is 0 Å². The molecule has 2 aromatic carbocycles. The second kappa shape index (κ2) is 6.78. The van der Waals surface area contributed by atoms with Crippen LogP contribution in [-0.4, -0.2) is 28.2 Å². The standard InChI is InChI=1S/C16H12FNO6/c1-24-14-8-9(7-13(15(14)19)18(22)23)6-12(16(20)21)10-2-4-11(17)5-3-10/h2-8,19H,1H3,(H,20,21)/b12-6-. The van der Waals surface area contributed by atoms with Gasteiger partial charge < -0.3 is 14.9 Å². The van der Waals surface area contributed by atoms with E-state index in [0.29, 0.717) is 0 Å². The van der Waals surface area contributed by atoms with Gasteiger partial charge in [0, 0.05) is 6.07 Å². The van der Waals surface area contributed by atoms with E-state index in [1.165, 1.54) is 31.4 Å². The molecule has 0 heterocycles. The summed E-state index contributed by atoms with van der Waals surface area (Å²) >= 11 is 0. The van der Waals surface area contributed by atoms with Crippen LogP contribution < -0.4 is 4.74 Å². The molecule has 2 N–H and O–H groups in total. The van der Waals surface area contributed by atoms with Crippen molar-refractivity contribution >= 4 is 23.3 Å². The number of hydrogen-bond donors (Lipinski definition) is 2. The third-order valence-corrected chi connectivity index (χ3v) is 3.19. The van der Waals surface area contributed by atoms with Crippen molar-refractivity contribution in [2.45, 2.75) is 0 Å². The molecular formula is C16H12FNO6. The number of nitro groups is 1. The van der Waals surface area contributed by atoms with E-state index >= 15 is 0 Å². The number of hydrogen-bond acceptors (Lipinski definition) is 5. The minimum atomic E-state index is -1.30. The van der Waals surface area contributed by atoms with Crippen molar-refractivity contribution in [1.82, 2.24) is 0 Å². The number of aliphatic carboxylic acids is 1. The summed E-state index contributed by atoms with van der Waals surface area (Å²) in [5.74, 6) is -2.64. The fraction of sp³-hybridized carbons (Fsp3) is 0.0625. The molecule has 7 nitrogen and oxygen atoms in total. The smallest absolute Gasteiger partial charge is 0.336 e. The van der Waals surface area contributed by atoms with E-state index in [0.717, 1.165) is 18.2 Å². The predicted molar refractivity (Wildman–Crippen MR) is 83.2 cm³/mol. The average molecular weight is 333 g/mol. The van der Waals surface area contributed by atoms with E-state index in [-0.39, 0.29) is 22.4 Å². The highest BCUT2D eigenvalue weighted by atomic mass is 19.1.